The van der Waals surface area contributed by atoms with E-state index in [1.807, 2.05) is 0 Å². The number of hydrogen-bond donors (Lipinski definition) is 0. The number of hydrogen-bond acceptors (Lipinski definition) is 2. The molecule has 12 rings (SSSR count). The maximum atomic E-state index is 2.35. The highest BCUT2D eigenvalue weighted by Crippen LogP contribution is 2.41. The summed E-state index contributed by atoms with van der Waals surface area (Å²) in [5.74, 6) is 0. The molecular formula is C72H52N2. The summed E-state index contributed by atoms with van der Waals surface area (Å²) in [5.41, 5.74) is 23.1. The highest BCUT2D eigenvalue weighted by Gasteiger charge is 2.17. The number of anilines is 6. The first-order valence-electron chi connectivity index (χ1n) is 25.3. The lowest BCUT2D eigenvalue weighted by atomic mass is 9.93. The lowest BCUT2D eigenvalue weighted by molar-refractivity contribution is 1.28. The normalized spacial score (nSPS) is 11.0. The van der Waals surface area contributed by atoms with Gasteiger partial charge >= 0.3 is 0 Å². The van der Waals surface area contributed by atoms with Crippen molar-refractivity contribution in [2.24, 2.45) is 0 Å². The van der Waals surface area contributed by atoms with Gasteiger partial charge < -0.3 is 9.80 Å². The van der Waals surface area contributed by atoms with Gasteiger partial charge in [0, 0.05) is 34.1 Å². The molecule has 74 heavy (non-hydrogen) atoms. The van der Waals surface area contributed by atoms with Crippen LogP contribution in [0.3, 0.4) is 0 Å². The van der Waals surface area contributed by atoms with Crippen LogP contribution in [0.25, 0.3) is 77.9 Å². The van der Waals surface area contributed by atoms with Gasteiger partial charge in [0.15, 0.2) is 0 Å². The van der Waals surface area contributed by atoms with Crippen molar-refractivity contribution in [3.8, 4) is 77.9 Å². The molecule has 0 aliphatic rings. The summed E-state index contributed by atoms with van der Waals surface area (Å²) in [6.45, 7) is 0. The third-order valence-electron chi connectivity index (χ3n) is 13.9. The number of rotatable bonds is 13. The second kappa shape index (κ2) is 20.9. The van der Waals surface area contributed by atoms with Crippen LogP contribution in [0.15, 0.2) is 315 Å². The van der Waals surface area contributed by atoms with Gasteiger partial charge in [0.2, 0.25) is 0 Å². The molecule has 0 radical (unpaired) electrons. The second-order valence-corrected chi connectivity index (χ2v) is 18.6. The number of benzene rings is 12. The van der Waals surface area contributed by atoms with Gasteiger partial charge in [0.1, 0.15) is 0 Å². The third-order valence-corrected chi connectivity index (χ3v) is 13.9. The van der Waals surface area contributed by atoms with E-state index in [0.717, 1.165) is 50.8 Å². The van der Waals surface area contributed by atoms with Crippen LogP contribution in [-0.4, -0.2) is 0 Å². The molecule has 0 aliphatic carbocycles. The topological polar surface area (TPSA) is 6.48 Å². The zero-order chi connectivity index (χ0) is 49.5. The lowest BCUT2D eigenvalue weighted by Crippen LogP contribution is -2.10. The van der Waals surface area contributed by atoms with Crippen molar-refractivity contribution < 1.29 is 0 Å². The molecule has 0 fully saturated rings. The Kier molecular flexibility index (Phi) is 12.8. The fraction of sp³-hybridized carbons (Fsp3) is 0. The van der Waals surface area contributed by atoms with Gasteiger partial charge in [-0.3, -0.25) is 0 Å². The Bertz CT molecular complexity index is 3590. The Balaban J connectivity index is 0.867. The predicted octanol–water partition coefficient (Wildman–Crippen LogP) is 20.3. The largest absolute Gasteiger partial charge is 0.311 e. The molecule has 0 heterocycles. The summed E-state index contributed by atoms with van der Waals surface area (Å²) in [6, 6.07) is 114. The Hall–Kier alpha value is -9.76. The zero-order valence-electron chi connectivity index (χ0n) is 40.9. The zero-order valence-corrected chi connectivity index (χ0v) is 40.9. The van der Waals surface area contributed by atoms with E-state index in [1.54, 1.807) is 0 Å². The molecule has 350 valence electrons. The van der Waals surface area contributed by atoms with Crippen LogP contribution in [0.2, 0.25) is 0 Å². The Morgan fingerprint density at radius 3 is 0.432 bits per heavy atom. The first-order valence-corrected chi connectivity index (χ1v) is 25.3. The summed E-state index contributed by atoms with van der Waals surface area (Å²) < 4.78 is 0. The van der Waals surface area contributed by atoms with Crippen molar-refractivity contribution in [3.63, 3.8) is 0 Å². The van der Waals surface area contributed by atoms with Crippen LogP contribution >= 0.6 is 0 Å². The quantitative estimate of drug-likeness (QED) is 0.114. The molecule has 0 amide bonds. The average Bonchev–Trinajstić information content (AvgIpc) is 3.49. The Morgan fingerprint density at radius 1 is 0.122 bits per heavy atom. The van der Waals surface area contributed by atoms with E-state index in [4.69, 9.17) is 0 Å². The third kappa shape index (κ3) is 9.81. The van der Waals surface area contributed by atoms with E-state index in [2.05, 4.69) is 325 Å². The van der Waals surface area contributed by atoms with E-state index < -0.39 is 0 Å². The fourth-order valence-corrected chi connectivity index (χ4v) is 9.99. The smallest absolute Gasteiger partial charge is 0.0462 e. The van der Waals surface area contributed by atoms with Crippen molar-refractivity contribution in [2.75, 3.05) is 9.80 Å². The molecule has 0 saturated heterocycles. The molecule has 0 aliphatic heterocycles. The molecule has 0 bridgehead atoms. The minimum Gasteiger partial charge on any atom is -0.311 e. The van der Waals surface area contributed by atoms with Crippen LogP contribution < -0.4 is 9.80 Å². The van der Waals surface area contributed by atoms with Crippen LogP contribution in [0, 0.1) is 0 Å². The summed E-state index contributed by atoms with van der Waals surface area (Å²) in [5, 5.41) is 0. The van der Waals surface area contributed by atoms with Gasteiger partial charge in [-0.1, -0.05) is 224 Å². The first kappa shape index (κ1) is 45.4. The molecule has 12 aromatic carbocycles. The summed E-state index contributed by atoms with van der Waals surface area (Å²) in [7, 11) is 0. The maximum Gasteiger partial charge on any atom is 0.0462 e. The molecule has 0 aromatic heterocycles. The molecule has 0 N–H and O–H groups in total. The summed E-state index contributed by atoms with van der Waals surface area (Å²) >= 11 is 0. The van der Waals surface area contributed by atoms with Crippen LogP contribution in [-0.2, 0) is 0 Å². The van der Waals surface area contributed by atoms with Crippen LogP contribution in [0.4, 0.5) is 34.1 Å². The molecule has 0 spiro atoms. The maximum absolute atomic E-state index is 2.35. The summed E-state index contributed by atoms with van der Waals surface area (Å²) in [6.07, 6.45) is 0. The van der Waals surface area contributed by atoms with Crippen molar-refractivity contribution >= 4 is 34.1 Å². The van der Waals surface area contributed by atoms with E-state index in [-0.39, 0.29) is 0 Å². The van der Waals surface area contributed by atoms with Crippen molar-refractivity contribution in [1.29, 1.82) is 0 Å². The predicted molar refractivity (Wildman–Crippen MR) is 314 cm³/mol. The van der Waals surface area contributed by atoms with Crippen molar-refractivity contribution in [1.82, 2.24) is 0 Å². The van der Waals surface area contributed by atoms with Crippen molar-refractivity contribution in [2.45, 2.75) is 0 Å². The lowest BCUT2D eigenvalue weighted by Gasteiger charge is -2.27. The van der Waals surface area contributed by atoms with Crippen molar-refractivity contribution in [3.05, 3.63) is 315 Å². The van der Waals surface area contributed by atoms with Gasteiger partial charge in [0.05, 0.1) is 0 Å². The van der Waals surface area contributed by atoms with Gasteiger partial charge in [0.25, 0.3) is 0 Å². The highest BCUT2D eigenvalue weighted by atomic mass is 15.1. The van der Waals surface area contributed by atoms with Gasteiger partial charge in [-0.25, -0.2) is 0 Å². The first-order chi connectivity index (χ1) is 36.7. The Labute approximate surface area is 435 Å². The molecule has 12 aromatic rings. The standard InChI is InChI=1S/C72H52N2/c1-6-16-53(17-7-1)58-26-38-67(39-27-58)73(68-40-28-59(29-41-68)54-18-8-2-9-19-54)70-44-32-61(33-45-70)62-34-46-71(47-35-62)74(69-42-30-60(31-43-69)55-20-10-3-11-21-55)72-48-36-63(37-49-72)66-51-64(56-22-12-4-13-23-56)50-65(52-66)57-24-14-5-15-25-57/h1-52H. The van der Waals surface area contributed by atoms with E-state index in [1.165, 1.54) is 61.2 Å². The van der Waals surface area contributed by atoms with E-state index >= 15 is 0 Å². The average molecular weight is 945 g/mol. The monoisotopic (exact) mass is 944 g/mol. The second-order valence-electron chi connectivity index (χ2n) is 18.6. The van der Waals surface area contributed by atoms with Crippen LogP contribution in [0.5, 0.6) is 0 Å². The summed E-state index contributed by atoms with van der Waals surface area (Å²) in [4.78, 5) is 4.69. The minimum atomic E-state index is 1.08. The molecule has 2 nitrogen and oxygen atoms in total. The fourth-order valence-electron chi connectivity index (χ4n) is 9.99. The molecule has 0 saturated carbocycles. The molecular weight excluding hydrogens is 893 g/mol. The van der Waals surface area contributed by atoms with E-state index in [0.29, 0.717) is 0 Å². The number of nitrogens with zero attached hydrogens (tertiary/aromatic N) is 2. The van der Waals surface area contributed by atoms with Gasteiger partial charge in [-0.05, 0) is 169 Å². The van der Waals surface area contributed by atoms with E-state index in [9.17, 15) is 0 Å². The molecule has 0 atom stereocenters. The minimum absolute atomic E-state index is 1.08. The van der Waals surface area contributed by atoms with Crippen LogP contribution in [0.1, 0.15) is 0 Å². The molecule has 2 heteroatoms. The van der Waals surface area contributed by atoms with Gasteiger partial charge in [-0.15, -0.1) is 0 Å². The molecule has 0 unspecified atom stereocenters. The highest BCUT2D eigenvalue weighted by molar-refractivity contribution is 5.86. The van der Waals surface area contributed by atoms with Gasteiger partial charge in [-0.2, -0.15) is 0 Å². The Morgan fingerprint density at radius 2 is 0.257 bits per heavy atom. The SMILES string of the molecule is c1ccc(-c2ccc(N(c3ccc(-c4ccccc4)cc3)c3ccc(-c4ccc(N(c5ccc(-c6ccccc6)cc5)c5ccc(-c6cc(-c7ccccc7)cc(-c7ccccc7)c6)cc5)cc4)cc3)cc2)cc1.